The average Bonchev–Trinajstić information content (AvgIpc) is 2.32. The molecule has 0 fully saturated rings. The highest BCUT2D eigenvalue weighted by Crippen LogP contribution is 2.13. The molecule has 0 bridgehead atoms. The van der Waals surface area contributed by atoms with E-state index in [0.717, 1.165) is 17.3 Å². The summed E-state index contributed by atoms with van der Waals surface area (Å²) in [5, 5.41) is 14.7. The lowest BCUT2D eigenvalue weighted by molar-refractivity contribution is -0.136. The highest BCUT2D eigenvalue weighted by atomic mass is 16.4. The summed E-state index contributed by atoms with van der Waals surface area (Å²) in [4.78, 5) is 19.1. The molecule has 6 heteroatoms. The maximum Gasteiger partial charge on any atom is 0.304 e. The molecule has 6 nitrogen and oxygen atoms in total. The molecule has 0 aromatic carbocycles. The van der Waals surface area contributed by atoms with E-state index in [0.29, 0.717) is 25.6 Å². The minimum Gasteiger partial charge on any atom is -0.481 e. The lowest BCUT2D eigenvalue weighted by Gasteiger charge is -2.10. The largest absolute Gasteiger partial charge is 0.481 e. The maximum absolute atomic E-state index is 10.3. The summed E-state index contributed by atoms with van der Waals surface area (Å²) in [5.41, 5.74) is 0.944. The molecule has 1 aromatic rings. The van der Waals surface area contributed by atoms with E-state index in [1.54, 1.807) is 0 Å². The summed E-state index contributed by atoms with van der Waals surface area (Å²) in [6, 6.07) is 1.91. The third-order valence-corrected chi connectivity index (χ3v) is 2.51. The fraction of sp³-hybridized carbons (Fsp3) is 0.615. The van der Waals surface area contributed by atoms with E-state index >= 15 is 0 Å². The van der Waals surface area contributed by atoms with E-state index in [2.05, 4.69) is 34.4 Å². The van der Waals surface area contributed by atoms with Gasteiger partial charge in [-0.05, 0) is 6.92 Å². The van der Waals surface area contributed by atoms with Crippen LogP contribution in [0.1, 0.15) is 37.7 Å². The molecule has 0 aliphatic carbocycles. The van der Waals surface area contributed by atoms with Gasteiger partial charge in [0.15, 0.2) is 0 Å². The molecule has 0 amide bonds. The first-order valence-corrected chi connectivity index (χ1v) is 6.51. The summed E-state index contributed by atoms with van der Waals surface area (Å²) in [6.07, 6.45) is 0.143. The molecular weight excluding hydrogens is 244 g/mol. The molecule has 19 heavy (non-hydrogen) atoms. The van der Waals surface area contributed by atoms with Crippen molar-refractivity contribution >= 4 is 11.8 Å². The zero-order valence-corrected chi connectivity index (χ0v) is 11.7. The first-order chi connectivity index (χ1) is 8.99. The summed E-state index contributed by atoms with van der Waals surface area (Å²) in [5.74, 6) is 1.17. The molecule has 1 rings (SSSR count). The molecular formula is C13H22N4O2. The molecule has 1 aromatic heterocycles. The number of carboxylic acid groups (broad SMARTS) is 1. The number of carboxylic acids is 1. The highest BCUT2D eigenvalue weighted by molar-refractivity contribution is 5.66. The zero-order chi connectivity index (χ0) is 14.3. The molecule has 3 N–H and O–H groups in total. The predicted octanol–water partition coefficient (Wildman–Crippen LogP) is 1.38. The van der Waals surface area contributed by atoms with Crippen molar-refractivity contribution in [3.8, 4) is 0 Å². The van der Waals surface area contributed by atoms with Crippen molar-refractivity contribution in [2.45, 2.75) is 33.1 Å². The van der Waals surface area contributed by atoms with Crippen LogP contribution in [0, 0.1) is 6.92 Å². The van der Waals surface area contributed by atoms with Crippen LogP contribution in [0.3, 0.4) is 0 Å². The number of rotatable bonds is 8. The molecule has 1 heterocycles. The van der Waals surface area contributed by atoms with Crippen LogP contribution in [-0.2, 0) is 4.79 Å². The first kappa shape index (κ1) is 15.4. The minimum absolute atomic E-state index is 0.143. The molecule has 0 aliphatic heterocycles. The van der Waals surface area contributed by atoms with Gasteiger partial charge in [0.2, 0.25) is 0 Å². The monoisotopic (exact) mass is 266 g/mol. The number of hydrogen-bond acceptors (Lipinski definition) is 5. The van der Waals surface area contributed by atoms with Gasteiger partial charge in [-0.15, -0.1) is 0 Å². The topological polar surface area (TPSA) is 87.1 Å². The fourth-order valence-electron chi connectivity index (χ4n) is 1.54. The van der Waals surface area contributed by atoms with Crippen LogP contribution in [0.4, 0.5) is 5.82 Å². The molecule has 0 unspecified atom stereocenters. The normalized spacial score (nSPS) is 10.7. The number of aromatic nitrogens is 2. The SMILES string of the molecule is Cc1cc(NCCNCCC(=O)O)nc(C(C)C)n1. The van der Waals surface area contributed by atoms with Gasteiger partial charge in [-0.25, -0.2) is 9.97 Å². The van der Waals surface area contributed by atoms with Gasteiger partial charge in [-0.1, -0.05) is 13.8 Å². The molecule has 0 aliphatic rings. The van der Waals surface area contributed by atoms with Crippen molar-refractivity contribution in [1.82, 2.24) is 15.3 Å². The number of hydrogen-bond donors (Lipinski definition) is 3. The minimum atomic E-state index is -0.784. The van der Waals surface area contributed by atoms with Crippen LogP contribution in [0.25, 0.3) is 0 Å². The molecule has 0 spiro atoms. The van der Waals surface area contributed by atoms with E-state index in [1.165, 1.54) is 0 Å². The summed E-state index contributed by atoms with van der Waals surface area (Å²) in [6.45, 7) is 7.96. The second kappa shape index (κ2) is 7.68. The standard InChI is InChI=1S/C13H22N4O2/c1-9(2)13-16-10(3)8-11(17-13)15-7-6-14-5-4-12(18)19/h8-9,14H,4-7H2,1-3H3,(H,18,19)(H,15,16,17). The fourth-order valence-corrected chi connectivity index (χ4v) is 1.54. The van der Waals surface area contributed by atoms with Gasteiger partial charge in [0.05, 0.1) is 6.42 Å². The van der Waals surface area contributed by atoms with Gasteiger partial charge < -0.3 is 15.7 Å². The predicted molar refractivity (Wildman–Crippen MR) is 74.5 cm³/mol. The third-order valence-electron chi connectivity index (χ3n) is 2.51. The van der Waals surface area contributed by atoms with Gasteiger partial charge in [0.25, 0.3) is 0 Å². The van der Waals surface area contributed by atoms with Crippen molar-refractivity contribution in [3.05, 3.63) is 17.6 Å². The van der Waals surface area contributed by atoms with Crippen LogP contribution in [0.5, 0.6) is 0 Å². The van der Waals surface area contributed by atoms with E-state index < -0.39 is 5.97 Å². The first-order valence-electron chi connectivity index (χ1n) is 6.51. The van der Waals surface area contributed by atoms with Crippen LogP contribution < -0.4 is 10.6 Å². The van der Waals surface area contributed by atoms with Gasteiger partial charge in [0.1, 0.15) is 11.6 Å². The summed E-state index contributed by atoms with van der Waals surface area (Å²) in [7, 11) is 0. The van der Waals surface area contributed by atoms with E-state index in [9.17, 15) is 4.79 Å². The molecule has 0 radical (unpaired) electrons. The molecule has 0 saturated heterocycles. The van der Waals surface area contributed by atoms with Crippen molar-refractivity contribution in [2.24, 2.45) is 0 Å². The zero-order valence-electron chi connectivity index (χ0n) is 11.7. The summed E-state index contributed by atoms with van der Waals surface area (Å²) < 4.78 is 0. The Hall–Kier alpha value is -1.69. The van der Waals surface area contributed by atoms with Crippen molar-refractivity contribution in [2.75, 3.05) is 25.0 Å². The number of anilines is 1. The van der Waals surface area contributed by atoms with Gasteiger partial charge in [-0.2, -0.15) is 0 Å². The molecule has 106 valence electrons. The van der Waals surface area contributed by atoms with Crippen molar-refractivity contribution < 1.29 is 9.90 Å². The Labute approximate surface area is 113 Å². The average molecular weight is 266 g/mol. The van der Waals surface area contributed by atoms with Crippen LogP contribution >= 0.6 is 0 Å². The smallest absolute Gasteiger partial charge is 0.304 e. The second-order valence-electron chi connectivity index (χ2n) is 4.73. The molecule has 0 atom stereocenters. The molecule has 0 saturated carbocycles. The second-order valence-corrected chi connectivity index (χ2v) is 4.73. The van der Waals surface area contributed by atoms with E-state index in [1.807, 2.05) is 13.0 Å². The highest BCUT2D eigenvalue weighted by Gasteiger charge is 2.05. The Morgan fingerprint density at radius 1 is 1.32 bits per heavy atom. The summed E-state index contributed by atoms with van der Waals surface area (Å²) >= 11 is 0. The van der Waals surface area contributed by atoms with Crippen LogP contribution in [-0.4, -0.2) is 40.7 Å². The Balaban J connectivity index is 2.35. The lowest BCUT2D eigenvalue weighted by atomic mass is 10.2. The quantitative estimate of drug-likeness (QED) is 0.616. The third kappa shape index (κ3) is 6.15. The number of aryl methyl sites for hydroxylation is 1. The van der Waals surface area contributed by atoms with Crippen molar-refractivity contribution in [3.63, 3.8) is 0 Å². The Bertz CT molecular complexity index is 421. The number of nitrogens with zero attached hydrogens (tertiary/aromatic N) is 2. The lowest BCUT2D eigenvalue weighted by Crippen LogP contribution is -2.25. The van der Waals surface area contributed by atoms with Gasteiger partial charge in [-0.3, -0.25) is 4.79 Å². The van der Waals surface area contributed by atoms with Gasteiger partial charge in [0, 0.05) is 37.3 Å². The van der Waals surface area contributed by atoms with Crippen LogP contribution in [0.15, 0.2) is 6.07 Å². The van der Waals surface area contributed by atoms with Crippen molar-refractivity contribution in [1.29, 1.82) is 0 Å². The van der Waals surface area contributed by atoms with E-state index in [4.69, 9.17) is 5.11 Å². The van der Waals surface area contributed by atoms with Crippen LogP contribution in [0.2, 0.25) is 0 Å². The number of aliphatic carboxylic acids is 1. The Morgan fingerprint density at radius 2 is 2.05 bits per heavy atom. The van der Waals surface area contributed by atoms with E-state index in [-0.39, 0.29) is 6.42 Å². The number of nitrogens with one attached hydrogen (secondary N) is 2. The maximum atomic E-state index is 10.3. The van der Waals surface area contributed by atoms with Gasteiger partial charge >= 0.3 is 5.97 Å². The number of carbonyl (C=O) groups is 1. The Morgan fingerprint density at radius 3 is 2.68 bits per heavy atom. The Kier molecular flexibility index (Phi) is 6.21.